The number of nitrogens with one attached hydrogen (secondary N) is 2. The highest BCUT2D eigenvalue weighted by Crippen LogP contribution is 2.24. The summed E-state index contributed by atoms with van der Waals surface area (Å²) >= 11 is 1.62. The van der Waals surface area contributed by atoms with Gasteiger partial charge in [0, 0.05) is 30.1 Å². The van der Waals surface area contributed by atoms with Gasteiger partial charge in [-0.1, -0.05) is 0 Å². The molecule has 0 bridgehead atoms. The smallest absolute Gasteiger partial charge is 0.282 e. The van der Waals surface area contributed by atoms with E-state index in [0.29, 0.717) is 12.2 Å². The summed E-state index contributed by atoms with van der Waals surface area (Å²) in [7, 11) is 1.69. The Hall–Kier alpha value is -1.76. The lowest BCUT2D eigenvalue weighted by atomic mass is 10.1. The average molecular weight is 297 g/mol. The molecule has 0 saturated heterocycles. The number of carbonyl (C=O) groups excluding carboxylic acids is 1. The first-order valence-electron chi connectivity index (χ1n) is 6.10. The average Bonchev–Trinajstić information content (AvgIpc) is 2.44. The fourth-order valence-electron chi connectivity index (χ4n) is 1.49. The molecule has 1 aromatic rings. The maximum Gasteiger partial charge on any atom is 0.282 e. The van der Waals surface area contributed by atoms with Crippen molar-refractivity contribution in [3.63, 3.8) is 0 Å². The second-order valence-electron chi connectivity index (χ2n) is 4.89. The first-order valence-corrected chi connectivity index (χ1v) is 7.33. The number of nitro benzene ring substituents is 1. The van der Waals surface area contributed by atoms with E-state index in [-0.39, 0.29) is 16.0 Å². The lowest BCUT2D eigenvalue weighted by molar-refractivity contribution is -0.385. The van der Waals surface area contributed by atoms with E-state index in [1.54, 1.807) is 24.9 Å². The molecule has 7 heteroatoms. The van der Waals surface area contributed by atoms with Crippen LogP contribution in [0.5, 0.6) is 0 Å². The summed E-state index contributed by atoms with van der Waals surface area (Å²) < 4.78 is -0.120. The molecule has 1 rings (SSSR count). The summed E-state index contributed by atoms with van der Waals surface area (Å²) in [4.78, 5) is 22.6. The second kappa shape index (κ2) is 6.60. The molecule has 0 heterocycles. The topological polar surface area (TPSA) is 84.3 Å². The molecule has 0 unspecified atom stereocenters. The van der Waals surface area contributed by atoms with Crippen LogP contribution in [0, 0.1) is 10.1 Å². The van der Waals surface area contributed by atoms with Crippen LogP contribution in [0.2, 0.25) is 0 Å². The normalized spacial score (nSPS) is 11.0. The lowest BCUT2D eigenvalue weighted by Gasteiger charge is -2.22. The van der Waals surface area contributed by atoms with Crippen LogP contribution in [0.3, 0.4) is 0 Å². The van der Waals surface area contributed by atoms with E-state index < -0.39 is 10.8 Å². The predicted molar refractivity (Wildman–Crippen MR) is 82.6 cm³/mol. The number of carbonyl (C=O) groups is 1. The molecule has 0 aliphatic rings. The number of nitrogens with zero attached hydrogens (tertiary/aromatic N) is 1. The number of thioether (sulfide) groups is 1. The first kappa shape index (κ1) is 16.3. The Labute approximate surface area is 122 Å². The summed E-state index contributed by atoms with van der Waals surface area (Å²) in [6, 6.07) is 4.39. The van der Waals surface area contributed by atoms with Crippen molar-refractivity contribution >= 4 is 29.0 Å². The Balaban J connectivity index is 2.98. The SMILES string of the molecule is CNc1ccc([N+](=O)[O-])c(C(=O)NCC(C)(C)SC)c1. The van der Waals surface area contributed by atoms with Crippen LogP contribution < -0.4 is 10.6 Å². The van der Waals surface area contributed by atoms with E-state index in [9.17, 15) is 14.9 Å². The third kappa shape index (κ3) is 4.12. The summed E-state index contributed by atoms with van der Waals surface area (Å²) in [5.41, 5.74) is 0.534. The monoisotopic (exact) mass is 297 g/mol. The van der Waals surface area contributed by atoms with Crippen LogP contribution in [-0.2, 0) is 0 Å². The highest BCUT2D eigenvalue weighted by atomic mass is 32.2. The molecular formula is C13H19N3O3S. The molecule has 0 atom stereocenters. The zero-order valence-electron chi connectivity index (χ0n) is 12.0. The van der Waals surface area contributed by atoms with E-state index in [1.807, 2.05) is 20.1 Å². The highest BCUT2D eigenvalue weighted by molar-refractivity contribution is 7.99. The van der Waals surface area contributed by atoms with Gasteiger partial charge in [-0.15, -0.1) is 0 Å². The fraction of sp³-hybridized carbons (Fsp3) is 0.462. The van der Waals surface area contributed by atoms with Crippen molar-refractivity contribution in [3.05, 3.63) is 33.9 Å². The molecule has 20 heavy (non-hydrogen) atoms. The molecule has 1 amide bonds. The molecule has 2 N–H and O–H groups in total. The van der Waals surface area contributed by atoms with Crippen LogP contribution in [0.25, 0.3) is 0 Å². The maximum absolute atomic E-state index is 12.1. The van der Waals surface area contributed by atoms with Gasteiger partial charge >= 0.3 is 0 Å². The third-order valence-electron chi connectivity index (χ3n) is 2.95. The quantitative estimate of drug-likeness (QED) is 0.622. The molecule has 1 aromatic carbocycles. The summed E-state index contributed by atoms with van der Waals surface area (Å²) in [5, 5.41) is 16.6. The van der Waals surface area contributed by atoms with E-state index in [4.69, 9.17) is 0 Å². The molecule has 0 aromatic heterocycles. The first-order chi connectivity index (χ1) is 9.30. The number of anilines is 1. The van der Waals surface area contributed by atoms with Gasteiger partial charge in [0.2, 0.25) is 0 Å². The van der Waals surface area contributed by atoms with Gasteiger partial charge in [-0.05, 0) is 32.2 Å². The van der Waals surface area contributed by atoms with E-state index >= 15 is 0 Å². The van der Waals surface area contributed by atoms with Crippen molar-refractivity contribution in [1.29, 1.82) is 0 Å². The Morgan fingerprint density at radius 1 is 1.45 bits per heavy atom. The maximum atomic E-state index is 12.1. The van der Waals surface area contributed by atoms with Gasteiger partial charge in [-0.3, -0.25) is 14.9 Å². The van der Waals surface area contributed by atoms with Crippen LogP contribution in [-0.4, -0.2) is 35.4 Å². The Morgan fingerprint density at radius 2 is 2.10 bits per heavy atom. The molecule has 6 nitrogen and oxygen atoms in total. The minimum Gasteiger partial charge on any atom is -0.388 e. The Kier molecular flexibility index (Phi) is 5.38. The highest BCUT2D eigenvalue weighted by Gasteiger charge is 2.23. The van der Waals surface area contributed by atoms with Gasteiger partial charge in [-0.25, -0.2) is 0 Å². The number of amides is 1. The van der Waals surface area contributed by atoms with Gasteiger partial charge in [0.05, 0.1) is 4.92 Å². The van der Waals surface area contributed by atoms with Crippen molar-refractivity contribution < 1.29 is 9.72 Å². The number of hydrogen-bond donors (Lipinski definition) is 2. The van der Waals surface area contributed by atoms with Crippen molar-refractivity contribution in [2.24, 2.45) is 0 Å². The number of benzene rings is 1. The fourth-order valence-corrected chi connectivity index (χ4v) is 1.71. The molecule has 0 saturated carbocycles. The molecular weight excluding hydrogens is 278 g/mol. The third-order valence-corrected chi connectivity index (χ3v) is 4.20. The van der Waals surface area contributed by atoms with Crippen LogP contribution >= 0.6 is 11.8 Å². The van der Waals surface area contributed by atoms with Crippen molar-refractivity contribution in [2.45, 2.75) is 18.6 Å². The molecule has 0 spiro atoms. The summed E-state index contributed by atoms with van der Waals surface area (Å²) in [5.74, 6) is -0.434. The Bertz CT molecular complexity index is 518. The second-order valence-corrected chi connectivity index (χ2v) is 6.40. The van der Waals surface area contributed by atoms with E-state index in [1.165, 1.54) is 12.1 Å². The van der Waals surface area contributed by atoms with Gasteiger partial charge in [0.25, 0.3) is 11.6 Å². The van der Waals surface area contributed by atoms with Gasteiger partial charge in [-0.2, -0.15) is 11.8 Å². The molecule has 110 valence electrons. The number of hydrogen-bond acceptors (Lipinski definition) is 5. The van der Waals surface area contributed by atoms with Crippen LogP contribution in [0.15, 0.2) is 18.2 Å². The molecule has 0 aliphatic heterocycles. The molecule has 0 aliphatic carbocycles. The summed E-state index contributed by atoms with van der Waals surface area (Å²) in [6.45, 7) is 4.43. The van der Waals surface area contributed by atoms with E-state index in [0.717, 1.165) is 0 Å². The number of nitro groups is 1. The van der Waals surface area contributed by atoms with Crippen molar-refractivity contribution in [2.75, 3.05) is 25.2 Å². The van der Waals surface area contributed by atoms with Crippen molar-refractivity contribution in [1.82, 2.24) is 5.32 Å². The van der Waals surface area contributed by atoms with E-state index in [2.05, 4.69) is 10.6 Å². The van der Waals surface area contributed by atoms with Crippen LogP contribution in [0.1, 0.15) is 24.2 Å². The zero-order valence-corrected chi connectivity index (χ0v) is 12.8. The summed E-state index contributed by atoms with van der Waals surface area (Å²) in [6.07, 6.45) is 1.95. The van der Waals surface area contributed by atoms with Crippen LogP contribution in [0.4, 0.5) is 11.4 Å². The minimum atomic E-state index is -0.548. The van der Waals surface area contributed by atoms with Gasteiger partial charge < -0.3 is 10.6 Å². The van der Waals surface area contributed by atoms with Crippen molar-refractivity contribution in [3.8, 4) is 0 Å². The largest absolute Gasteiger partial charge is 0.388 e. The zero-order chi connectivity index (χ0) is 15.3. The molecule has 0 fully saturated rings. The molecule has 0 radical (unpaired) electrons. The number of rotatable bonds is 6. The Morgan fingerprint density at radius 3 is 2.60 bits per heavy atom. The lowest BCUT2D eigenvalue weighted by Crippen LogP contribution is -2.36. The predicted octanol–water partition coefficient (Wildman–Crippen LogP) is 2.51. The van der Waals surface area contributed by atoms with Gasteiger partial charge in [0.15, 0.2) is 0 Å². The van der Waals surface area contributed by atoms with Gasteiger partial charge in [0.1, 0.15) is 5.56 Å². The minimum absolute atomic E-state index is 0.0683. The standard InChI is InChI=1S/C13H19N3O3S/c1-13(2,20-4)8-15-12(17)10-7-9(14-3)5-6-11(10)16(18)19/h5-7,14H,8H2,1-4H3,(H,15,17).